The monoisotopic (exact) mass is 265 g/mol. The second-order valence-corrected chi connectivity index (χ2v) is 4.24. The van der Waals surface area contributed by atoms with Gasteiger partial charge in [0.15, 0.2) is 0 Å². The molecule has 0 saturated heterocycles. The van der Waals surface area contributed by atoms with E-state index in [0.29, 0.717) is 12.8 Å². The SMILES string of the molecule is CCC(CCC(=O)OC)(C(=O)OC)c1ccncc1. The highest BCUT2D eigenvalue weighted by Crippen LogP contribution is 2.34. The van der Waals surface area contributed by atoms with Gasteiger partial charge in [0, 0.05) is 18.8 Å². The standard InChI is InChI=1S/C14H19NO4/c1-4-14(13(17)19-3,8-5-12(16)18-2)11-6-9-15-10-7-11/h6-7,9-10H,4-5,8H2,1-3H3. The molecule has 0 aliphatic rings. The van der Waals surface area contributed by atoms with Gasteiger partial charge in [0.05, 0.1) is 19.6 Å². The normalized spacial score (nSPS) is 13.4. The molecule has 0 bridgehead atoms. The summed E-state index contributed by atoms with van der Waals surface area (Å²) >= 11 is 0. The number of methoxy groups -OCH3 is 2. The summed E-state index contributed by atoms with van der Waals surface area (Å²) in [5, 5.41) is 0. The molecular weight excluding hydrogens is 246 g/mol. The van der Waals surface area contributed by atoms with Crippen molar-refractivity contribution in [1.82, 2.24) is 4.98 Å². The molecule has 1 atom stereocenters. The van der Waals surface area contributed by atoms with Gasteiger partial charge in [-0.15, -0.1) is 0 Å². The molecule has 0 N–H and O–H groups in total. The second-order valence-electron chi connectivity index (χ2n) is 4.24. The predicted molar refractivity (Wildman–Crippen MR) is 69.5 cm³/mol. The molecule has 0 aliphatic heterocycles. The van der Waals surface area contributed by atoms with E-state index in [2.05, 4.69) is 9.72 Å². The zero-order valence-corrected chi connectivity index (χ0v) is 11.5. The molecule has 0 spiro atoms. The molecule has 5 nitrogen and oxygen atoms in total. The van der Waals surface area contributed by atoms with Gasteiger partial charge < -0.3 is 9.47 Å². The number of nitrogens with zero attached hydrogens (tertiary/aromatic N) is 1. The van der Waals surface area contributed by atoms with Crippen molar-refractivity contribution in [2.45, 2.75) is 31.6 Å². The minimum atomic E-state index is -0.828. The van der Waals surface area contributed by atoms with Crippen molar-refractivity contribution >= 4 is 11.9 Å². The molecule has 1 aromatic rings. The van der Waals surface area contributed by atoms with Gasteiger partial charge in [-0.3, -0.25) is 14.6 Å². The Bertz CT molecular complexity index is 432. The maximum Gasteiger partial charge on any atom is 0.316 e. The van der Waals surface area contributed by atoms with Gasteiger partial charge in [-0.2, -0.15) is 0 Å². The highest BCUT2D eigenvalue weighted by Gasteiger charge is 2.40. The van der Waals surface area contributed by atoms with E-state index in [4.69, 9.17) is 4.74 Å². The van der Waals surface area contributed by atoms with E-state index in [0.717, 1.165) is 5.56 Å². The lowest BCUT2D eigenvalue weighted by Crippen LogP contribution is -2.37. The molecule has 1 aromatic heterocycles. The first-order valence-corrected chi connectivity index (χ1v) is 6.16. The topological polar surface area (TPSA) is 65.5 Å². The summed E-state index contributed by atoms with van der Waals surface area (Å²) in [7, 11) is 2.69. The van der Waals surface area contributed by atoms with Crippen LogP contribution in [0.5, 0.6) is 0 Å². The summed E-state index contributed by atoms with van der Waals surface area (Å²) in [6, 6.07) is 3.55. The van der Waals surface area contributed by atoms with Crippen molar-refractivity contribution in [1.29, 1.82) is 0 Å². The van der Waals surface area contributed by atoms with Crippen LogP contribution >= 0.6 is 0 Å². The van der Waals surface area contributed by atoms with Gasteiger partial charge in [0.25, 0.3) is 0 Å². The molecular formula is C14H19NO4. The molecule has 1 unspecified atom stereocenters. The summed E-state index contributed by atoms with van der Waals surface area (Å²) in [6.45, 7) is 1.90. The van der Waals surface area contributed by atoms with Crippen LogP contribution in [0.15, 0.2) is 24.5 Å². The van der Waals surface area contributed by atoms with Gasteiger partial charge in [0.1, 0.15) is 0 Å². The van der Waals surface area contributed by atoms with E-state index in [1.54, 1.807) is 24.5 Å². The Hall–Kier alpha value is -1.91. The quantitative estimate of drug-likeness (QED) is 0.734. The third-order valence-corrected chi connectivity index (χ3v) is 3.40. The maximum absolute atomic E-state index is 12.2. The summed E-state index contributed by atoms with van der Waals surface area (Å²) in [4.78, 5) is 27.4. The molecule has 0 aliphatic carbocycles. The Morgan fingerprint density at radius 2 is 1.84 bits per heavy atom. The molecule has 0 fully saturated rings. The largest absolute Gasteiger partial charge is 0.469 e. The molecule has 1 heterocycles. The number of carbonyl (C=O) groups is 2. The van der Waals surface area contributed by atoms with E-state index in [-0.39, 0.29) is 18.4 Å². The Labute approximate surface area is 112 Å². The lowest BCUT2D eigenvalue weighted by molar-refractivity contribution is -0.149. The van der Waals surface area contributed by atoms with Crippen molar-refractivity contribution < 1.29 is 19.1 Å². The maximum atomic E-state index is 12.2. The van der Waals surface area contributed by atoms with Crippen LogP contribution in [-0.4, -0.2) is 31.1 Å². The Kier molecular flexibility index (Phi) is 5.48. The zero-order valence-electron chi connectivity index (χ0n) is 11.5. The molecule has 5 heteroatoms. The van der Waals surface area contributed by atoms with Crippen molar-refractivity contribution in [3.63, 3.8) is 0 Å². The van der Waals surface area contributed by atoms with Crippen LogP contribution in [0.4, 0.5) is 0 Å². The predicted octanol–water partition coefficient (Wildman–Crippen LogP) is 1.86. The Morgan fingerprint density at radius 3 is 2.32 bits per heavy atom. The number of carbonyl (C=O) groups excluding carboxylic acids is 2. The molecule has 19 heavy (non-hydrogen) atoms. The van der Waals surface area contributed by atoms with Crippen LogP contribution in [0.3, 0.4) is 0 Å². The third-order valence-electron chi connectivity index (χ3n) is 3.40. The van der Waals surface area contributed by atoms with Crippen LogP contribution in [0.1, 0.15) is 31.7 Å². The van der Waals surface area contributed by atoms with E-state index in [9.17, 15) is 9.59 Å². The average Bonchev–Trinajstić information content (AvgIpc) is 2.48. The number of hydrogen-bond donors (Lipinski definition) is 0. The first kappa shape index (κ1) is 15.1. The highest BCUT2D eigenvalue weighted by molar-refractivity contribution is 5.84. The summed E-state index contributed by atoms with van der Waals surface area (Å²) in [5.74, 6) is -0.680. The summed E-state index contributed by atoms with van der Waals surface area (Å²) < 4.78 is 9.55. The Morgan fingerprint density at radius 1 is 1.21 bits per heavy atom. The molecule has 104 valence electrons. The van der Waals surface area contributed by atoms with Crippen LogP contribution < -0.4 is 0 Å². The van der Waals surface area contributed by atoms with E-state index in [1.807, 2.05) is 6.92 Å². The van der Waals surface area contributed by atoms with Crippen LogP contribution in [0, 0.1) is 0 Å². The van der Waals surface area contributed by atoms with Crippen molar-refractivity contribution in [3.05, 3.63) is 30.1 Å². The smallest absolute Gasteiger partial charge is 0.316 e. The molecule has 0 amide bonds. The summed E-state index contributed by atoms with van der Waals surface area (Å²) in [6.07, 6.45) is 4.32. The fraction of sp³-hybridized carbons (Fsp3) is 0.500. The number of esters is 2. The van der Waals surface area contributed by atoms with Gasteiger partial charge in [-0.05, 0) is 30.5 Å². The number of aromatic nitrogens is 1. The molecule has 0 saturated carbocycles. The average molecular weight is 265 g/mol. The summed E-state index contributed by atoms with van der Waals surface area (Å²) in [5.41, 5.74) is -0.0212. The van der Waals surface area contributed by atoms with E-state index in [1.165, 1.54) is 14.2 Å². The fourth-order valence-electron chi connectivity index (χ4n) is 2.17. The van der Waals surface area contributed by atoms with E-state index < -0.39 is 5.41 Å². The lowest BCUT2D eigenvalue weighted by Gasteiger charge is -2.29. The molecule has 1 rings (SSSR count). The van der Waals surface area contributed by atoms with Crippen LogP contribution in [-0.2, 0) is 24.5 Å². The van der Waals surface area contributed by atoms with Gasteiger partial charge in [-0.1, -0.05) is 6.92 Å². The van der Waals surface area contributed by atoms with Gasteiger partial charge >= 0.3 is 11.9 Å². The van der Waals surface area contributed by atoms with Crippen molar-refractivity contribution in [2.24, 2.45) is 0 Å². The first-order valence-electron chi connectivity index (χ1n) is 6.16. The number of pyridine rings is 1. The van der Waals surface area contributed by atoms with Crippen LogP contribution in [0.2, 0.25) is 0 Å². The van der Waals surface area contributed by atoms with Crippen molar-refractivity contribution in [3.8, 4) is 0 Å². The third kappa shape index (κ3) is 3.30. The van der Waals surface area contributed by atoms with E-state index >= 15 is 0 Å². The van der Waals surface area contributed by atoms with Gasteiger partial charge in [0.2, 0.25) is 0 Å². The van der Waals surface area contributed by atoms with Gasteiger partial charge in [-0.25, -0.2) is 0 Å². The minimum Gasteiger partial charge on any atom is -0.469 e. The zero-order chi connectivity index (χ0) is 14.3. The highest BCUT2D eigenvalue weighted by atomic mass is 16.5. The minimum absolute atomic E-state index is 0.168. The second kappa shape index (κ2) is 6.87. The number of ether oxygens (including phenoxy) is 2. The Balaban J connectivity index is 3.08. The number of rotatable bonds is 6. The van der Waals surface area contributed by atoms with Crippen molar-refractivity contribution in [2.75, 3.05) is 14.2 Å². The fourth-order valence-corrected chi connectivity index (χ4v) is 2.17. The van der Waals surface area contributed by atoms with Crippen LogP contribution in [0.25, 0.3) is 0 Å². The molecule has 0 aromatic carbocycles. The lowest BCUT2D eigenvalue weighted by atomic mass is 9.75. The molecule has 0 radical (unpaired) electrons. The first-order chi connectivity index (χ1) is 9.10. The number of hydrogen-bond acceptors (Lipinski definition) is 5.